The summed E-state index contributed by atoms with van der Waals surface area (Å²) in [5.41, 5.74) is 1.67. The highest BCUT2D eigenvalue weighted by Crippen LogP contribution is 2.30. The molecule has 2 aromatic heterocycles. The van der Waals surface area contributed by atoms with E-state index in [4.69, 9.17) is 4.42 Å². The molecule has 0 unspecified atom stereocenters. The Kier molecular flexibility index (Phi) is 3.90. The third-order valence-corrected chi connectivity index (χ3v) is 6.65. The van der Waals surface area contributed by atoms with Crippen molar-refractivity contribution in [3.63, 3.8) is 0 Å². The van der Waals surface area contributed by atoms with Gasteiger partial charge in [-0.1, -0.05) is 40.4 Å². The number of halogens is 2. The van der Waals surface area contributed by atoms with Crippen molar-refractivity contribution in [2.24, 2.45) is 0 Å². The van der Waals surface area contributed by atoms with Crippen molar-refractivity contribution >= 4 is 62.9 Å². The summed E-state index contributed by atoms with van der Waals surface area (Å²) in [6, 6.07) is 0. The van der Waals surface area contributed by atoms with Gasteiger partial charge in [0.15, 0.2) is 5.58 Å². The van der Waals surface area contributed by atoms with E-state index in [2.05, 4.69) is 88.9 Å². The molecule has 0 atom stereocenters. The fourth-order valence-corrected chi connectivity index (χ4v) is 7.11. The van der Waals surface area contributed by atoms with Gasteiger partial charge in [0.2, 0.25) is 5.89 Å². The number of pyridine rings is 1. The second kappa shape index (κ2) is 4.80. The first-order chi connectivity index (χ1) is 8.51. The summed E-state index contributed by atoms with van der Waals surface area (Å²) in [5, 5.41) is 1.26. The number of fused-ring (bicyclic) bond motifs is 1. The van der Waals surface area contributed by atoms with E-state index in [-0.39, 0.29) is 5.41 Å². The molecule has 19 heavy (non-hydrogen) atoms. The molecule has 0 radical (unpaired) electrons. The minimum Gasteiger partial charge on any atom is -0.440 e. The van der Waals surface area contributed by atoms with E-state index in [0.717, 1.165) is 25.3 Å². The number of aromatic nitrogens is 2. The molecule has 0 spiro atoms. The Labute approximate surface area is 136 Å². The lowest BCUT2D eigenvalue weighted by molar-refractivity contribution is 0.411. The largest absolute Gasteiger partial charge is 0.440 e. The van der Waals surface area contributed by atoms with Crippen LogP contribution in [-0.2, 0) is 5.41 Å². The minimum absolute atomic E-state index is 0.0966. The molecule has 0 saturated heterocycles. The predicted molar refractivity (Wildman–Crippen MR) is 93.9 cm³/mol. The fraction of sp³-hybridized carbons (Fsp3) is 0.538. The molecule has 0 aliphatic heterocycles. The summed E-state index contributed by atoms with van der Waals surface area (Å²) in [6.45, 7) is 13.2. The number of hydrogen-bond acceptors (Lipinski definition) is 3. The lowest BCUT2D eigenvalue weighted by Gasteiger charge is -2.18. The normalized spacial score (nSPS) is 13.3. The van der Waals surface area contributed by atoms with Crippen LogP contribution in [0.5, 0.6) is 0 Å². The van der Waals surface area contributed by atoms with Crippen LogP contribution in [0.1, 0.15) is 26.7 Å². The summed E-state index contributed by atoms with van der Waals surface area (Å²) in [7, 11) is -1.54. The van der Waals surface area contributed by atoms with Gasteiger partial charge in [0, 0.05) is 10.6 Å². The molecule has 2 heterocycles. The second-order valence-electron chi connectivity index (χ2n) is 6.77. The third kappa shape index (κ3) is 2.90. The molecule has 3 nitrogen and oxygen atoms in total. The van der Waals surface area contributed by atoms with E-state index in [1.54, 1.807) is 0 Å². The Hall–Kier alpha value is 0.0469. The summed E-state index contributed by atoms with van der Waals surface area (Å²) in [4.78, 5) is 9.22. The van der Waals surface area contributed by atoms with Crippen LogP contribution in [0.4, 0.5) is 0 Å². The van der Waals surface area contributed by atoms with Crippen LogP contribution in [0.2, 0.25) is 19.6 Å². The summed E-state index contributed by atoms with van der Waals surface area (Å²) >= 11 is 5.80. The van der Waals surface area contributed by atoms with Gasteiger partial charge < -0.3 is 4.42 Å². The maximum atomic E-state index is 6.10. The standard InChI is InChI=1S/C13H18BrIN2OSi/c1-13(2,3)12-16-7-8(18-12)9(19(4,5)6)11(15)17-10(7)14/h1-6H3. The van der Waals surface area contributed by atoms with E-state index in [9.17, 15) is 0 Å². The highest BCUT2D eigenvalue weighted by atomic mass is 127. The maximum Gasteiger partial charge on any atom is 0.200 e. The molecule has 0 aromatic carbocycles. The van der Waals surface area contributed by atoms with E-state index >= 15 is 0 Å². The van der Waals surface area contributed by atoms with Crippen molar-refractivity contribution in [1.29, 1.82) is 0 Å². The molecule has 0 fully saturated rings. The van der Waals surface area contributed by atoms with E-state index in [1.807, 2.05) is 0 Å². The predicted octanol–water partition coefficient (Wildman–Crippen LogP) is 4.43. The van der Waals surface area contributed by atoms with Crippen molar-refractivity contribution < 1.29 is 4.42 Å². The first-order valence-corrected chi connectivity index (χ1v) is 11.6. The third-order valence-electron chi connectivity index (χ3n) is 2.84. The quantitative estimate of drug-likeness (QED) is 0.365. The molecule has 0 aliphatic rings. The molecular weight excluding hydrogens is 435 g/mol. The summed E-state index contributed by atoms with van der Waals surface area (Å²) in [6.07, 6.45) is 0. The van der Waals surface area contributed by atoms with Gasteiger partial charge in [-0.15, -0.1) is 0 Å². The molecule has 0 aliphatic carbocycles. The average molecular weight is 453 g/mol. The Balaban J connectivity index is 2.87. The molecule has 2 rings (SSSR count). The Morgan fingerprint density at radius 3 is 2.21 bits per heavy atom. The first-order valence-electron chi connectivity index (χ1n) is 6.18. The number of hydrogen-bond donors (Lipinski definition) is 0. The van der Waals surface area contributed by atoms with Crippen molar-refractivity contribution in [3.8, 4) is 0 Å². The monoisotopic (exact) mass is 452 g/mol. The lowest BCUT2D eigenvalue weighted by Crippen LogP contribution is -2.40. The van der Waals surface area contributed by atoms with Crippen LogP contribution in [0.25, 0.3) is 11.1 Å². The minimum atomic E-state index is -1.54. The van der Waals surface area contributed by atoms with Crippen LogP contribution in [-0.4, -0.2) is 18.0 Å². The van der Waals surface area contributed by atoms with Gasteiger partial charge in [-0.2, -0.15) is 0 Å². The van der Waals surface area contributed by atoms with Gasteiger partial charge in [0.1, 0.15) is 13.8 Å². The highest BCUT2D eigenvalue weighted by molar-refractivity contribution is 14.1. The van der Waals surface area contributed by atoms with Crippen LogP contribution >= 0.6 is 38.5 Å². The summed E-state index contributed by atoms with van der Waals surface area (Å²) in [5.74, 6) is 0.770. The van der Waals surface area contributed by atoms with Gasteiger partial charge in [-0.05, 0) is 38.5 Å². The first kappa shape index (κ1) is 15.4. The van der Waals surface area contributed by atoms with Crippen molar-refractivity contribution in [1.82, 2.24) is 9.97 Å². The molecule has 0 bridgehead atoms. The van der Waals surface area contributed by atoms with Crippen LogP contribution < -0.4 is 5.19 Å². The van der Waals surface area contributed by atoms with Crippen molar-refractivity contribution in [3.05, 3.63) is 14.2 Å². The molecule has 2 aromatic rings. The summed E-state index contributed by atoms with van der Waals surface area (Å²) < 4.78 is 7.89. The topological polar surface area (TPSA) is 38.9 Å². The second-order valence-corrected chi connectivity index (χ2v) is 13.5. The Morgan fingerprint density at radius 1 is 1.16 bits per heavy atom. The van der Waals surface area contributed by atoms with Gasteiger partial charge in [-0.3, -0.25) is 0 Å². The van der Waals surface area contributed by atoms with Gasteiger partial charge >= 0.3 is 0 Å². The highest BCUT2D eigenvalue weighted by Gasteiger charge is 2.30. The van der Waals surface area contributed by atoms with Gasteiger partial charge in [0.05, 0.1) is 8.07 Å². The van der Waals surface area contributed by atoms with Crippen LogP contribution in [0.15, 0.2) is 9.02 Å². The number of oxazole rings is 1. The smallest absolute Gasteiger partial charge is 0.200 e. The van der Waals surface area contributed by atoms with Crippen molar-refractivity contribution in [2.75, 3.05) is 0 Å². The van der Waals surface area contributed by atoms with E-state index in [0.29, 0.717) is 0 Å². The number of rotatable bonds is 1. The zero-order valence-electron chi connectivity index (χ0n) is 12.1. The van der Waals surface area contributed by atoms with E-state index in [1.165, 1.54) is 5.19 Å². The fourth-order valence-electron chi connectivity index (χ4n) is 1.89. The van der Waals surface area contributed by atoms with Crippen LogP contribution in [0.3, 0.4) is 0 Å². The zero-order valence-corrected chi connectivity index (χ0v) is 16.8. The SMILES string of the molecule is CC(C)(C)c1nc2c(Br)nc(I)c([Si](C)(C)C)c2o1. The molecule has 0 N–H and O–H groups in total. The molecular formula is C13H18BrIN2OSi. The van der Waals surface area contributed by atoms with Crippen molar-refractivity contribution in [2.45, 2.75) is 45.8 Å². The maximum absolute atomic E-state index is 6.10. The Morgan fingerprint density at radius 2 is 1.74 bits per heavy atom. The number of nitrogens with zero attached hydrogens (tertiary/aromatic N) is 2. The molecule has 6 heteroatoms. The molecule has 0 amide bonds. The Bertz CT molecular complexity index is 641. The van der Waals surface area contributed by atoms with Gasteiger partial charge in [-0.25, -0.2) is 9.97 Å². The molecule has 0 saturated carbocycles. The average Bonchev–Trinajstić information content (AvgIpc) is 2.58. The zero-order chi connectivity index (χ0) is 14.6. The van der Waals surface area contributed by atoms with Gasteiger partial charge in [0.25, 0.3) is 0 Å². The van der Waals surface area contributed by atoms with E-state index < -0.39 is 8.07 Å². The lowest BCUT2D eigenvalue weighted by atomic mass is 9.97. The molecule has 104 valence electrons. The van der Waals surface area contributed by atoms with Crippen LogP contribution in [0, 0.1) is 3.70 Å².